The molecule has 0 bridgehead atoms. The van der Waals surface area contributed by atoms with Crippen LogP contribution >= 0.6 is 0 Å². The molecule has 5 nitrogen and oxygen atoms in total. The minimum Gasteiger partial charge on any atom is -0.483 e. The van der Waals surface area contributed by atoms with Gasteiger partial charge in [-0.3, -0.25) is 9.59 Å². The highest BCUT2D eigenvalue weighted by atomic mass is 19.1. The maximum atomic E-state index is 14.2. The molecule has 0 unspecified atom stereocenters. The van der Waals surface area contributed by atoms with Crippen molar-refractivity contribution in [2.24, 2.45) is 0 Å². The van der Waals surface area contributed by atoms with Crippen molar-refractivity contribution in [2.45, 2.75) is 59.7 Å². The van der Waals surface area contributed by atoms with Crippen LogP contribution in [0, 0.1) is 19.7 Å². The maximum Gasteiger partial charge on any atom is 0.261 e. The van der Waals surface area contributed by atoms with E-state index in [0.717, 1.165) is 11.1 Å². The van der Waals surface area contributed by atoms with E-state index < -0.39 is 23.3 Å². The molecule has 2 rings (SSSR count). The Kier molecular flexibility index (Phi) is 7.59. The van der Waals surface area contributed by atoms with Gasteiger partial charge in [-0.25, -0.2) is 4.39 Å². The molecule has 1 atom stereocenters. The number of hydrogen-bond donors (Lipinski definition) is 1. The third-order valence-corrected chi connectivity index (χ3v) is 4.87. The van der Waals surface area contributed by atoms with Crippen molar-refractivity contribution < 1.29 is 18.7 Å². The normalized spacial score (nSPS) is 12.2. The molecule has 0 fully saturated rings. The molecule has 0 saturated heterocycles. The van der Waals surface area contributed by atoms with Crippen LogP contribution in [0.15, 0.2) is 42.5 Å². The second kappa shape index (κ2) is 9.74. The van der Waals surface area contributed by atoms with Crippen LogP contribution < -0.4 is 10.1 Å². The molecule has 0 aliphatic carbocycles. The smallest absolute Gasteiger partial charge is 0.261 e. The van der Waals surface area contributed by atoms with Gasteiger partial charge in [-0.05, 0) is 64.8 Å². The van der Waals surface area contributed by atoms with E-state index in [1.54, 1.807) is 31.2 Å². The van der Waals surface area contributed by atoms with Crippen LogP contribution in [0.5, 0.6) is 5.75 Å². The number of ether oxygens (including phenoxy) is 1. The maximum absolute atomic E-state index is 14.2. The molecule has 1 N–H and O–H groups in total. The average molecular weight is 415 g/mol. The molecule has 0 aromatic heterocycles. The number of rotatable bonds is 7. The van der Waals surface area contributed by atoms with Gasteiger partial charge in [0.15, 0.2) is 6.61 Å². The van der Waals surface area contributed by atoms with E-state index in [1.807, 2.05) is 46.8 Å². The third-order valence-electron chi connectivity index (χ3n) is 4.87. The van der Waals surface area contributed by atoms with Gasteiger partial charge in [0.1, 0.15) is 17.6 Å². The third kappa shape index (κ3) is 6.31. The average Bonchev–Trinajstić information content (AvgIpc) is 2.66. The summed E-state index contributed by atoms with van der Waals surface area (Å²) in [6, 6.07) is 11.1. The zero-order valence-corrected chi connectivity index (χ0v) is 18.6. The van der Waals surface area contributed by atoms with Crippen LogP contribution in [-0.2, 0) is 16.1 Å². The SMILES string of the molecule is Cc1cccc(OCC(=O)N(Cc2ccccc2F)[C@@H](C)C(=O)NC(C)(C)C)c1C. The summed E-state index contributed by atoms with van der Waals surface area (Å²) in [7, 11) is 0. The van der Waals surface area contributed by atoms with Crippen LogP contribution in [0.25, 0.3) is 0 Å². The first kappa shape index (κ1) is 23.4. The van der Waals surface area contributed by atoms with Gasteiger partial charge in [0.25, 0.3) is 5.91 Å². The van der Waals surface area contributed by atoms with E-state index in [1.165, 1.54) is 11.0 Å². The molecule has 2 aromatic carbocycles. The van der Waals surface area contributed by atoms with E-state index in [4.69, 9.17) is 4.74 Å². The summed E-state index contributed by atoms with van der Waals surface area (Å²) in [5.41, 5.74) is 1.89. The summed E-state index contributed by atoms with van der Waals surface area (Å²) in [6.45, 7) is 10.8. The lowest BCUT2D eigenvalue weighted by Gasteiger charge is -2.31. The molecule has 2 aromatic rings. The van der Waals surface area contributed by atoms with Crippen molar-refractivity contribution in [3.8, 4) is 5.75 Å². The fraction of sp³-hybridized carbons (Fsp3) is 0.417. The van der Waals surface area contributed by atoms with Crippen molar-refractivity contribution >= 4 is 11.8 Å². The fourth-order valence-electron chi connectivity index (χ4n) is 2.97. The first-order chi connectivity index (χ1) is 14.0. The number of nitrogens with one attached hydrogen (secondary N) is 1. The Morgan fingerprint density at radius 2 is 1.77 bits per heavy atom. The molecule has 0 aliphatic heterocycles. The minimum absolute atomic E-state index is 0.0274. The van der Waals surface area contributed by atoms with Crippen LogP contribution in [0.1, 0.15) is 44.4 Å². The number of amides is 2. The van der Waals surface area contributed by atoms with Crippen LogP contribution in [0.2, 0.25) is 0 Å². The molecule has 0 heterocycles. The van der Waals surface area contributed by atoms with Gasteiger partial charge < -0.3 is 15.0 Å². The Labute approximate surface area is 178 Å². The summed E-state index contributed by atoms with van der Waals surface area (Å²) in [5.74, 6) is -0.509. The highest BCUT2D eigenvalue weighted by Gasteiger charge is 2.29. The van der Waals surface area contributed by atoms with Crippen LogP contribution in [-0.4, -0.2) is 34.9 Å². The monoisotopic (exact) mass is 414 g/mol. The van der Waals surface area contributed by atoms with Gasteiger partial charge >= 0.3 is 0 Å². The number of benzene rings is 2. The number of carbonyl (C=O) groups is 2. The summed E-state index contributed by atoms with van der Waals surface area (Å²) in [5, 5.41) is 2.88. The van der Waals surface area contributed by atoms with Crippen molar-refractivity contribution in [1.29, 1.82) is 0 Å². The largest absolute Gasteiger partial charge is 0.483 e. The summed E-state index contributed by atoms with van der Waals surface area (Å²) in [4.78, 5) is 27.1. The van der Waals surface area contributed by atoms with Crippen molar-refractivity contribution in [3.63, 3.8) is 0 Å². The van der Waals surface area contributed by atoms with Crippen LogP contribution in [0.4, 0.5) is 4.39 Å². The highest BCUT2D eigenvalue weighted by Crippen LogP contribution is 2.21. The molecule has 0 saturated carbocycles. The molecule has 30 heavy (non-hydrogen) atoms. The Morgan fingerprint density at radius 1 is 1.10 bits per heavy atom. The molecule has 0 radical (unpaired) electrons. The van der Waals surface area contributed by atoms with Crippen molar-refractivity contribution in [1.82, 2.24) is 10.2 Å². The van der Waals surface area contributed by atoms with Crippen molar-refractivity contribution in [3.05, 3.63) is 65.0 Å². The van der Waals surface area contributed by atoms with E-state index in [-0.39, 0.29) is 19.1 Å². The minimum atomic E-state index is -0.793. The van der Waals surface area contributed by atoms with Gasteiger partial charge in [-0.2, -0.15) is 0 Å². The van der Waals surface area contributed by atoms with Gasteiger partial charge in [0.05, 0.1) is 0 Å². The predicted molar refractivity (Wildman–Crippen MR) is 116 cm³/mol. The number of halogens is 1. The van der Waals surface area contributed by atoms with E-state index in [9.17, 15) is 14.0 Å². The molecule has 0 spiro atoms. The summed E-state index contributed by atoms with van der Waals surface area (Å²) < 4.78 is 20.0. The van der Waals surface area contributed by atoms with E-state index in [2.05, 4.69) is 5.32 Å². The van der Waals surface area contributed by atoms with E-state index >= 15 is 0 Å². The lowest BCUT2D eigenvalue weighted by atomic mass is 10.1. The van der Waals surface area contributed by atoms with Gasteiger partial charge in [-0.1, -0.05) is 30.3 Å². The van der Waals surface area contributed by atoms with E-state index in [0.29, 0.717) is 11.3 Å². The molecular weight excluding hydrogens is 383 g/mol. The van der Waals surface area contributed by atoms with Crippen LogP contribution in [0.3, 0.4) is 0 Å². The Hall–Kier alpha value is -2.89. The quantitative estimate of drug-likeness (QED) is 0.740. The van der Waals surface area contributed by atoms with Gasteiger partial charge in [0, 0.05) is 17.6 Å². The fourth-order valence-corrected chi connectivity index (χ4v) is 2.97. The second-order valence-electron chi connectivity index (χ2n) is 8.51. The number of carbonyl (C=O) groups excluding carboxylic acids is 2. The second-order valence-corrected chi connectivity index (χ2v) is 8.51. The lowest BCUT2D eigenvalue weighted by molar-refractivity contribution is -0.142. The topological polar surface area (TPSA) is 58.6 Å². The Bertz CT molecular complexity index is 906. The summed E-state index contributed by atoms with van der Waals surface area (Å²) >= 11 is 0. The van der Waals surface area contributed by atoms with Crippen molar-refractivity contribution in [2.75, 3.05) is 6.61 Å². The lowest BCUT2D eigenvalue weighted by Crippen LogP contribution is -2.53. The first-order valence-electron chi connectivity index (χ1n) is 10.0. The molecule has 6 heteroatoms. The zero-order valence-electron chi connectivity index (χ0n) is 18.6. The first-order valence-corrected chi connectivity index (χ1v) is 10.0. The number of nitrogens with zero attached hydrogens (tertiary/aromatic N) is 1. The van der Waals surface area contributed by atoms with Gasteiger partial charge in [-0.15, -0.1) is 0 Å². The predicted octanol–water partition coefficient (Wildman–Crippen LogP) is 4.15. The standard InChI is InChI=1S/C24H31FN2O3/c1-16-10-9-13-21(17(16)2)30-15-22(28)27(14-19-11-7-8-12-20(19)25)18(3)23(29)26-24(4,5)6/h7-13,18H,14-15H2,1-6H3,(H,26,29)/t18-/m0/s1. The Balaban J connectivity index is 2.22. The Morgan fingerprint density at radius 3 is 2.40 bits per heavy atom. The zero-order chi connectivity index (χ0) is 22.5. The molecule has 2 amide bonds. The molecule has 0 aliphatic rings. The molecule has 162 valence electrons. The number of aryl methyl sites for hydroxylation is 1. The molecular formula is C24H31FN2O3. The summed E-state index contributed by atoms with van der Waals surface area (Å²) in [6.07, 6.45) is 0. The number of hydrogen-bond acceptors (Lipinski definition) is 3. The highest BCUT2D eigenvalue weighted by molar-refractivity contribution is 5.88. The van der Waals surface area contributed by atoms with Gasteiger partial charge in [0.2, 0.25) is 5.91 Å².